The molecule has 0 aliphatic rings. The van der Waals surface area contributed by atoms with E-state index in [0.717, 1.165) is 7.05 Å². The quantitative estimate of drug-likeness (QED) is 0.223. The summed E-state index contributed by atoms with van der Waals surface area (Å²) in [6, 6.07) is 0. The van der Waals surface area contributed by atoms with Crippen molar-refractivity contribution in [1.29, 1.82) is 0 Å². The Kier molecular flexibility index (Phi) is 0.694. The molecule has 0 bridgehead atoms. The second kappa shape index (κ2) is 0.817. The first kappa shape index (κ1) is 3.40. The molecule has 3 nitrogen and oxygen atoms in total. The van der Waals surface area contributed by atoms with Gasteiger partial charge in [-0.3, -0.25) is 10.1 Å². The predicted molar refractivity (Wildman–Crippen MR) is 12.9 cm³/mol. The van der Waals surface area contributed by atoms with Crippen molar-refractivity contribution in [3.63, 3.8) is 0 Å². The van der Waals surface area contributed by atoms with E-state index in [1.165, 1.54) is 0 Å². The van der Waals surface area contributed by atoms with Crippen LogP contribution in [0.3, 0.4) is 0 Å². The van der Waals surface area contributed by atoms with Gasteiger partial charge in [-0.05, 0) is 0 Å². The van der Waals surface area contributed by atoms with Crippen LogP contribution in [0.2, 0.25) is 0 Å². The highest BCUT2D eigenvalue weighted by molar-refractivity contribution is 3.91. The number of nitrogens with zero attached hydrogens (tertiary/aromatic N) is 1. The van der Waals surface area contributed by atoms with Gasteiger partial charge in [0.05, 0.1) is 0 Å². The summed E-state index contributed by atoms with van der Waals surface area (Å²) in [7, 11) is 0.889. The summed E-state index contributed by atoms with van der Waals surface area (Å²) < 4.78 is 0. The Balaban J connectivity index is 2.80. The van der Waals surface area contributed by atoms with Crippen LogP contribution in [0, 0.1) is 10.1 Å². The zero-order valence-corrected chi connectivity index (χ0v) is 2.26. The molecule has 0 aromatic carbocycles. The molecule has 0 saturated carbocycles. The maximum absolute atomic E-state index is 8.81. The van der Waals surface area contributed by atoms with Crippen LogP contribution in [0.15, 0.2) is 0 Å². The van der Waals surface area contributed by atoms with E-state index in [-0.39, 0.29) is 0 Å². The van der Waals surface area contributed by atoms with Crippen LogP contribution in [0.5, 0.6) is 0 Å². The Hall–Kier alpha value is -0.600. The fraction of sp³-hybridized carbons (Fsp3) is 1.00. The van der Waals surface area contributed by atoms with Gasteiger partial charge in [-0.1, -0.05) is 0 Å². The van der Waals surface area contributed by atoms with Crippen LogP contribution in [-0.2, 0) is 0 Å². The van der Waals surface area contributed by atoms with Crippen molar-refractivity contribution in [3.05, 3.63) is 10.1 Å². The molecule has 0 aromatic heterocycles. The highest BCUT2D eigenvalue weighted by Crippen LogP contribution is 1.39. The summed E-state index contributed by atoms with van der Waals surface area (Å²) >= 11 is 0. The summed E-state index contributed by atoms with van der Waals surface area (Å²) in [5.41, 5.74) is 0. The lowest BCUT2D eigenvalue weighted by Gasteiger charge is -1.63. The summed E-state index contributed by atoms with van der Waals surface area (Å²) in [5.74, 6) is 0. The minimum absolute atomic E-state index is 0.500. The Morgan fingerprint density at radius 3 is 2.00 bits per heavy atom. The lowest BCUT2D eigenvalue weighted by Crippen LogP contribution is -1.79. The van der Waals surface area contributed by atoms with Crippen LogP contribution < -0.4 is 0 Å². The predicted octanol–water partition coefficient (Wildman–Crippen LogP) is -0.107. The molecule has 0 fully saturated rings. The van der Waals surface area contributed by atoms with Gasteiger partial charge in [0.15, 0.2) is 7.05 Å². The highest BCUT2D eigenvalue weighted by Gasteiger charge is 1.57. The molecule has 0 heterocycles. The normalized spacial score (nSPS) is 6.25. The molecule has 0 unspecified atom stereocenters. The number of nitro groups is 1. The van der Waals surface area contributed by atoms with Crippen LogP contribution >= 0.6 is 0 Å². The third kappa shape index (κ3) is 0.622. The van der Waals surface area contributed by atoms with E-state index in [1.54, 1.807) is 0 Å². The third-order valence-corrected chi connectivity index (χ3v) is 0. The van der Waals surface area contributed by atoms with Gasteiger partial charge in [0, 0.05) is 4.92 Å². The zero-order valence-electron chi connectivity index (χ0n) is 2.26. The molecule has 0 atom stereocenters. The molecule has 0 amide bonds. The maximum Gasteiger partial charge on any atom is 0.194 e. The molecule has 0 spiro atoms. The van der Waals surface area contributed by atoms with Crippen molar-refractivity contribution in [3.8, 4) is 0 Å². The first-order chi connectivity index (χ1) is 1.73. The molecule has 0 radical (unpaired) electrons. The van der Waals surface area contributed by atoms with Crippen molar-refractivity contribution >= 4 is 0 Å². The first-order valence-corrected chi connectivity index (χ1v) is 0.812. The van der Waals surface area contributed by atoms with Gasteiger partial charge in [-0.25, -0.2) is 0 Å². The molecular formula is CH3NO2. The minimum Gasteiger partial charge on any atom is -0.265 e. The molecule has 24 valence electrons. The Bertz CT molecular complexity index is 29.0. The lowest BCUT2D eigenvalue weighted by atomic mass is 11.7. The van der Waals surface area contributed by atoms with E-state index >= 15 is 0 Å². The molecule has 4 heavy (non-hydrogen) atoms. The van der Waals surface area contributed by atoms with Crippen molar-refractivity contribution in [2.45, 2.75) is 0 Å². The fourth-order valence-electron chi connectivity index (χ4n) is 0. The summed E-state index contributed by atoms with van der Waals surface area (Å²) in [4.78, 5) is 8.31. The molecule has 0 saturated heterocycles. The molecule has 0 N–H and O–H groups in total. The largest absolute Gasteiger partial charge is 0.265 e. The van der Waals surface area contributed by atoms with Gasteiger partial charge >= 0.3 is 0 Å². The van der Waals surface area contributed by atoms with Gasteiger partial charge in [0.1, 0.15) is 0 Å². The number of hydrogen-bond donors (Lipinski definition) is 0. The van der Waals surface area contributed by atoms with Crippen LogP contribution in [0.1, 0.15) is 0 Å². The number of rotatable bonds is 0. The van der Waals surface area contributed by atoms with Crippen LogP contribution in [0.25, 0.3) is 0 Å². The first-order valence-electron chi connectivity index (χ1n) is 0.812. The van der Waals surface area contributed by atoms with Crippen molar-refractivity contribution in [2.75, 3.05) is 7.05 Å². The van der Waals surface area contributed by atoms with Gasteiger partial charge in [0.2, 0.25) is 0 Å². The second-order valence-corrected chi connectivity index (χ2v) is 0.440. The SMILES string of the molecule is C[15N+](=O)[O-]. The lowest BCUT2D eigenvalue weighted by molar-refractivity contribution is -0.445. The van der Waals surface area contributed by atoms with Crippen molar-refractivity contribution < 1.29 is 4.92 Å². The van der Waals surface area contributed by atoms with Gasteiger partial charge in [-0.15, -0.1) is 0 Å². The molecule has 0 rings (SSSR count). The Labute approximate surface area is 23.4 Å². The Morgan fingerprint density at radius 2 is 2.00 bits per heavy atom. The molecule has 3 heteroatoms. The topological polar surface area (TPSA) is 43.1 Å². The van der Waals surface area contributed by atoms with E-state index in [0.29, 0.717) is 0 Å². The summed E-state index contributed by atoms with van der Waals surface area (Å²) in [6.45, 7) is 0. The standard InChI is InChI=1S/CH3NO2/c1-2(3)4/h1H3/i2+1. The van der Waals surface area contributed by atoms with E-state index in [4.69, 9.17) is 10.1 Å². The average Bonchev–Trinajstić information content (AvgIpc) is 0.811. The molecule has 0 aromatic rings. The molecule has 0 aliphatic heterocycles. The monoisotopic (exact) mass is 62.0 g/mol. The van der Waals surface area contributed by atoms with Crippen molar-refractivity contribution in [1.82, 2.24) is 0 Å². The number of hydrogen-bond acceptors (Lipinski definition) is 2. The van der Waals surface area contributed by atoms with E-state index in [1.807, 2.05) is 0 Å². The van der Waals surface area contributed by atoms with Crippen molar-refractivity contribution in [2.24, 2.45) is 0 Å². The fourth-order valence-corrected chi connectivity index (χ4v) is 0. The maximum atomic E-state index is 8.81. The second-order valence-electron chi connectivity index (χ2n) is 0.440. The van der Waals surface area contributed by atoms with Gasteiger partial charge in [-0.2, -0.15) is 0 Å². The van der Waals surface area contributed by atoms with E-state index in [2.05, 4.69) is 0 Å². The van der Waals surface area contributed by atoms with E-state index in [9.17, 15) is 0 Å². The van der Waals surface area contributed by atoms with E-state index < -0.39 is 4.92 Å². The van der Waals surface area contributed by atoms with Crippen LogP contribution in [-0.4, -0.2) is 12.0 Å². The molecule has 0 aliphatic carbocycles. The van der Waals surface area contributed by atoms with Gasteiger partial charge in [0.25, 0.3) is 0 Å². The summed E-state index contributed by atoms with van der Waals surface area (Å²) in [6.07, 6.45) is 0. The smallest absolute Gasteiger partial charge is 0.194 e. The van der Waals surface area contributed by atoms with Crippen LogP contribution in [0.4, 0.5) is 0 Å². The Morgan fingerprint density at radius 1 is 2.00 bits per heavy atom. The highest BCUT2D eigenvalue weighted by atomic mass is 16.9. The zero-order chi connectivity index (χ0) is 3.58. The minimum atomic E-state index is -0.500. The van der Waals surface area contributed by atoms with Gasteiger partial charge < -0.3 is 0 Å². The summed E-state index contributed by atoms with van der Waals surface area (Å²) in [5, 5.41) is 8.81. The third-order valence-electron chi connectivity index (χ3n) is 0. The molecular weight excluding hydrogens is 59.0 g/mol. The average molecular weight is 62.0 g/mol.